The normalized spacial score (nSPS) is 16.2. The zero-order valence-corrected chi connectivity index (χ0v) is 16.1. The van der Waals surface area contributed by atoms with E-state index in [0.717, 1.165) is 5.56 Å². The van der Waals surface area contributed by atoms with Gasteiger partial charge in [-0.3, -0.25) is 9.69 Å². The Balaban J connectivity index is 1.55. The van der Waals surface area contributed by atoms with Crippen molar-refractivity contribution in [3.8, 4) is 0 Å². The fourth-order valence-electron chi connectivity index (χ4n) is 2.99. The van der Waals surface area contributed by atoms with Gasteiger partial charge >= 0.3 is 0 Å². The maximum absolute atomic E-state index is 12.7. The van der Waals surface area contributed by atoms with Gasteiger partial charge in [-0.2, -0.15) is 4.31 Å². The number of carbonyl (C=O) groups excluding carboxylic acids is 1. The van der Waals surface area contributed by atoms with Crippen LogP contribution in [0.5, 0.6) is 0 Å². The van der Waals surface area contributed by atoms with Gasteiger partial charge in [-0.25, -0.2) is 8.42 Å². The molecule has 0 bridgehead atoms. The highest BCUT2D eigenvalue weighted by Crippen LogP contribution is 2.19. The van der Waals surface area contributed by atoms with Crippen molar-refractivity contribution in [3.05, 3.63) is 54.1 Å². The molecule has 1 heterocycles. The summed E-state index contributed by atoms with van der Waals surface area (Å²) in [5.74, 6) is -0.164. The first-order valence-corrected chi connectivity index (χ1v) is 10.2. The standard InChI is InChI=1S/C19H24N4O3S/c1-15-6-8-16(9-7-15)27(25,26)23-12-10-22(11-13-23)14-19(24)21-18-5-3-2-4-17(18)20/h2-9H,10-14,20H2,1H3,(H,21,24). The predicted octanol–water partition coefficient (Wildman–Crippen LogP) is 1.52. The molecule has 7 nitrogen and oxygen atoms in total. The van der Waals surface area contributed by atoms with Crippen molar-refractivity contribution >= 4 is 27.3 Å². The topological polar surface area (TPSA) is 95.7 Å². The maximum Gasteiger partial charge on any atom is 0.243 e. The summed E-state index contributed by atoms with van der Waals surface area (Å²) in [5.41, 5.74) is 7.95. The number of benzene rings is 2. The van der Waals surface area contributed by atoms with Gasteiger partial charge in [0.2, 0.25) is 15.9 Å². The van der Waals surface area contributed by atoms with Crippen molar-refractivity contribution in [1.29, 1.82) is 0 Å². The fourth-order valence-corrected chi connectivity index (χ4v) is 4.41. The Labute approximate surface area is 159 Å². The van der Waals surface area contributed by atoms with E-state index in [-0.39, 0.29) is 12.5 Å². The second kappa shape index (κ2) is 8.08. The summed E-state index contributed by atoms with van der Waals surface area (Å²) in [6.07, 6.45) is 0. The van der Waals surface area contributed by atoms with Gasteiger partial charge in [0.1, 0.15) is 0 Å². The van der Waals surface area contributed by atoms with Crippen LogP contribution in [0.4, 0.5) is 11.4 Å². The Kier molecular flexibility index (Phi) is 5.79. The van der Waals surface area contributed by atoms with Gasteiger partial charge in [0.25, 0.3) is 0 Å². The number of piperazine rings is 1. The number of nitrogen functional groups attached to an aromatic ring is 1. The first kappa shape index (κ1) is 19.3. The highest BCUT2D eigenvalue weighted by Gasteiger charge is 2.29. The van der Waals surface area contributed by atoms with E-state index in [4.69, 9.17) is 5.73 Å². The van der Waals surface area contributed by atoms with Crippen LogP contribution in [0, 0.1) is 6.92 Å². The average molecular weight is 388 g/mol. The molecule has 0 radical (unpaired) electrons. The molecule has 1 aliphatic rings. The van der Waals surface area contributed by atoms with Crippen molar-refractivity contribution in [2.45, 2.75) is 11.8 Å². The number of anilines is 2. The zero-order chi connectivity index (χ0) is 19.4. The molecule has 144 valence electrons. The fraction of sp³-hybridized carbons (Fsp3) is 0.316. The average Bonchev–Trinajstić information content (AvgIpc) is 2.64. The second-order valence-corrected chi connectivity index (χ2v) is 8.57. The Morgan fingerprint density at radius 1 is 1.04 bits per heavy atom. The molecule has 1 saturated heterocycles. The smallest absolute Gasteiger partial charge is 0.243 e. The van der Waals surface area contributed by atoms with Gasteiger partial charge in [0, 0.05) is 26.2 Å². The Bertz CT molecular complexity index is 905. The molecule has 1 aliphatic heterocycles. The third-order valence-electron chi connectivity index (χ3n) is 4.59. The summed E-state index contributed by atoms with van der Waals surface area (Å²) in [6, 6.07) is 13.9. The quantitative estimate of drug-likeness (QED) is 0.757. The molecule has 27 heavy (non-hydrogen) atoms. The number of nitrogens with two attached hydrogens (primary N) is 1. The van der Waals surface area contributed by atoms with Crippen LogP contribution in [0.15, 0.2) is 53.4 Å². The predicted molar refractivity (Wildman–Crippen MR) is 106 cm³/mol. The van der Waals surface area contributed by atoms with Crippen molar-refractivity contribution in [2.24, 2.45) is 0 Å². The minimum absolute atomic E-state index is 0.164. The van der Waals surface area contributed by atoms with E-state index in [0.29, 0.717) is 42.4 Å². The molecule has 2 aromatic carbocycles. The van der Waals surface area contributed by atoms with E-state index < -0.39 is 10.0 Å². The number of hydrogen-bond donors (Lipinski definition) is 2. The van der Waals surface area contributed by atoms with E-state index in [1.165, 1.54) is 4.31 Å². The van der Waals surface area contributed by atoms with Crippen LogP contribution in [-0.4, -0.2) is 56.3 Å². The highest BCUT2D eigenvalue weighted by molar-refractivity contribution is 7.89. The second-order valence-electron chi connectivity index (χ2n) is 6.63. The van der Waals surface area contributed by atoms with Gasteiger partial charge in [-0.05, 0) is 31.2 Å². The van der Waals surface area contributed by atoms with E-state index in [1.54, 1.807) is 48.5 Å². The number of nitrogens with one attached hydrogen (secondary N) is 1. The molecule has 0 saturated carbocycles. The van der Waals surface area contributed by atoms with Gasteiger partial charge < -0.3 is 11.1 Å². The number of nitrogens with zero attached hydrogens (tertiary/aromatic N) is 2. The lowest BCUT2D eigenvalue weighted by atomic mass is 10.2. The van der Waals surface area contributed by atoms with Gasteiger partial charge in [0.05, 0.1) is 22.8 Å². The number of sulfonamides is 1. The lowest BCUT2D eigenvalue weighted by molar-refractivity contribution is -0.117. The number of hydrogen-bond acceptors (Lipinski definition) is 5. The van der Waals surface area contributed by atoms with Crippen LogP contribution in [0.25, 0.3) is 0 Å². The number of aryl methyl sites for hydroxylation is 1. The summed E-state index contributed by atoms with van der Waals surface area (Å²) in [5, 5.41) is 2.79. The summed E-state index contributed by atoms with van der Waals surface area (Å²) in [7, 11) is -3.50. The largest absolute Gasteiger partial charge is 0.397 e. The summed E-state index contributed by atoms with van der Waals surface area (Å²) >= 11 is 0. The summed E-state index contributed by atoms with van der Waals surface area (Å²) < 4.78 is 26.9. The van der Waals surface area contributed by atoms with E-state index in [9.17, 15) is 13.2 Å². The molecule has 8 heteroatoms. The van der Waals surface area contributed by atoms with Crippen LogP contribution >= 0.6 is 0 Å². The maximum atomic E-state index is 12.7. The van der Waals surface area contributed by atoms with E-state index in [1.807, 2.05) is 11.8 Å². The van der Waals surface area contributed by atoms with E-state index >= 15 is 0 Å². The number of rotatable bonds is 5. The summed E-state index contributed by atoms with van der Waals surface area (Å²) in [6.45, 7) is 3.84. The van der Waals surface area contributed by atoms with Crippen LogP contribution in [0.2, 0.25) is 0 Å². The number of para-hydroxylation sites is 2. The molecule has 0 aliphatic carbocycles. The van der Waals surface area contributed by atoms with Crippen molar-refractivity contribution in [2.75, 3.05) is 43.8 Å². The third kappa shape index (κ3) is 4.65. The molecule has 0 spiro atoms. The molecule has 0 unspecified atom stereocenters. The Morgan fingerprint density at radius 3 is 2.30 bits per heavy atom. The molecule has 0 atom stereocenters. The third-order valence-corrected chi connectivity index (χ3v) is 6.50. The van der Waals surface area contributed by atoms with Crippen molar-refractivity contribution in [3.63, 3.8) is 0 Å². The first-order valence-electron chi connectivity index (χ1n) is 8.80. The monoisotopic (exact) mass is 388 g/mol. The van der Waals surface area contributed by atoms with E-state index in [2.05, 4.69) is 5.32 Å². The van der Waals surface area contributed by atoms with Gasteiger partial charge in [0.15, 0.2) is 0 Å². The first-order chi connectivity index (χ1) is 12.9. The Hall–Kier alpha value is -2.42. The minimum Gasteiger partial charge on any atom is -0.397 e. The molecular weight excluding hydrogens is 364 g/mol. The van der Waals surface area contributed by atoms with Crippen LogP contribution in [-0.2, 0) is 14.8 Å². The van der Waals surface area contributed by atoms with Crippen LogP contribution in [0.3, 0.4) is 0 Å². The van der Waals surface area contributed by atoms with Crippen LogP contribution < -0.4 is 11.1 Å². The molecule has 3 rings (SSSR count). The zero-order valence-electron chi connectivity index (χ0n) is 15.3. The van der Waals surface area contributed by atoms with Crippen LogP contribution in [0.1, 0.15) is 5.56 Å². The molecule has 0 aromatic heterocycles. The molecule has 1 amide bonds. The van der Waals surface area contributed by atoms with Gasteiger partial charge in [-0.15, -0.1) is 0 Å². The number of carbonyl (C=O) groups is 1. The highest BCUT2D eigenvalue weighted by atomic mass is 32.2. The lowest BCUT2D eigenvalue weighted by Gasteiger charge is -2.33. The molecule has 1 fully saturated rings. The molecule has 3 N–H and O–H groups in total. The summed E-state index contributed by atoms with van der Waals surface area (Å²) in [4.78, 5) is 14.5. The Morgan fingerprint density at radius 2 is 1.67 bits per heavy atom. The number of amides is 1. The van der Waals surface area contributed by atoms with Crippen molar-refractivity contribution < 1.29 is 13.2 Å². The molecule has 2 aromatic rings. The lowest BCUT2D eigenvalue weighted by Crippen LogP contribution is -2.50. The SMILES string of the molecule is Cc1ccc(S(=O)(=O)N2CCN(CC(=O)Nc3ccccc3N)CC2)cc1. The molecular formula is C19H24N4O3S. The van der Waals surface area contributed by atoms with Gasteiger partial charge in [-0.1, -0.05) is 29.8 Å². The minimum atomic E-state index is -3.50. The van der Waals surface area contributed by atoms with Crippen molar-refractivity contribution in [1.82, 2.24) is 9.21 Å².